The van der Waals surface area contributed by atoms with Crippen LogP contribution in [0.2, 0.25) is 0 Å². The van der Waals surface area contributed by atoms with Crippen molar-refractivity contribution in [3.05, 3.63) is 59.7 Å². The summed E-state index contributed by atoms with van der Waals surface area (Å²) in [5.41, 5.74) is 9.27. The van der Waals surface area contributed by atoms with Crippen molar-refractivity contribution in [2.45, 2.75) is 19.3 Å². The first-order chi connectivity index (χ1) is 9.61. The summed E-state index contributed by atoms with van der Waals surface area (Å²) in [6.07, 6.45) is 0.979. The molecule has 0 saturated heterocycles. The van der Waals surface area contributed by atoms with Crippen LogP contribution in [0.25, 0.3) is 11.1 Å². The van der Waals surface area contributed by atoms with E-state index in [9.17, 15) is 4.79 Å². The Labute approximate surface area is 119 Å². The van der Waals surface area contributed by atoms with Gasteiger partial charge in [-0.15, -0.1) is 0 Å². The molecule has 0 aromatic heterocycles. The number of rotatable bonds is 5. The molecule has 0 bridgehead atoms. The fraction of sp³-hybridized carbons (Fsp3) is 0.235. The van der Waals surface area contributed by atoms with Gasteiger partial charge in [0.15, 0.2) is 0 Å². The number of aromatic carboxylic acids is 1. The molecule has 1 atom stereocenters. The summed E-state index contributed by atoms with van der Waals surface area (Å²) in [6, 6.07) is 15.3. The van der Waals surface area contributed by atoms with Gasteiger partial charge in [0.25, 0.3) is 0 Å². The summed E-state index contributed by atoms with van der Waals surface area (Å²) in [7, 11) is 0. The molecule has 0 aliphatic rings. The van der Waals surface area contributed by atoms with E-state index in [1.54, 1.807) is 12.1 Å². The highest BCUT2D eigenvalue weighted by Crippen LogP contribution is 2.24. The molecule has 2 rings (SSSR count). The summed E-state index contributed by atoms with van der Waals surface area (Å²) < 4.78 is 0. The maximum Gasteiger partial charge on any atom is 0.335 e. The Hall–Kier alpha value is -2.13. The highest BCUT2D eigenvalue weighted by molar-refractivity contribution is 5.88. The van der Waals surface area contributed by atoms with Gasteiger partial charge < -0.3 is 10.8 Å². The van der Waals surface area contributed by atoms with Crippen LogP contribution in [-0.2, 0) is 0 Å². The van der Waals surface area contributed by atoms with Crippen molar-refractivity contribution < 1.29 is 9.90 Å². The van der Waals surface area contributed by atoms with Crippen LogP contribution in [0.3, 0.4) is 0 Å². The van der Waals surface area contributed by atoms with Crippen molar-refractivity contribution in [2.24, 2.45) is 5.73 Å². The normalized spacial score (nSPS) is 12.1. The van der Waals surface area contributed by atoms with Gasteiger partial charge in [0.1, 0.15) is 0 Å². The molecule has 0 radical (unpaired) electrons. The quantitative estimate of drug-likeness (QED) is 0.873. The van der Waals surface area contributed by atoms with Gasteiger partial charge in [-0.1, -0.05) is 43.3 Å². The predicted molar refractivity (Wildman–Crippen MR) is 80.9 cm³/mol. The van der Waals surface area contributed by atoms with Gasteiger partial charge in [-0.2, -0.15) is 0 Å². The van der Waals surface area contributed by atoms with E-state index in [-0.39, 0.29) is 0 Å². The molecule has 20 heavy (non-hydrogen) atoms. The number of carboxylic acid groups (broad SMARTS) is 1. The molecule has 0 amide bonds. The van der Waals surface area contributed by atoms with Gasteiger partial charge in [-0.3, -0.25) is 0 Å². The summed E-state index contributed by atoms with van der Waals surface area (Å²) >= 11 is 0. The second-order valence-corrected chi connectivity index (χ2v) is 4.98. The Kier molecular flexibility index (Phi) is 4.53. The predicted octanol–water partition coefficient (Wildman–Crippen LogP) is 3.50. The third-order valence-electron chi connectivity index (χ3n) is 3.54. The topological polar surface area (TPSA) is 63.3 Å². The third-order valence-corrected chi connectivity index (χ3v) is 3.54. The van der Waals surface area contributed by atoms with E-state index < -0.39 is 5.97 Å². The smallest absolute Gasteiger partial charge is 0.335 e. The largest absolute Gasteiger partial charge is 0.478 e. The van der Waals surface area contributed by atoms with Crippen LogP contribution in [0.15, 0.2) is 48.5 Å². The Morgan fingerprint density at radius 2 is 1.55 bits per heavy atom. The molecule has 0 fully saturated rings. The molecule has 0 aliphatic carbocycles. The third kappa shape index (κ3) is 3.25. The lowest BCUT2D eigenvalue weighted by molar-refractivity contribution is 0.0697. The van der Waals surface area contributed by atoms with Crippen LogP contribution in [-0.4, -0.2) is 17.6 Å². The van der Waals surface area contributed by atoms with Crippen LogP contribution in [0.4, 0.5) is 0 Å². The molecule has 104 valence electrons. The van der Waals surface area contributed by atoms with E-state index in [1.165, 1.54) is 5.56 Å². The number of carbonyl (C=O) groups is 1. The van der Waals surface area contributed by atoms with E-state index >= 15 is 0 Å². The van der Waals surface area contributed by atoms with E-state index in [2.05, 4.69) is 31.2 Å². The average Bonchev–Trinajstić information content (AvgIpc) is 2.48. The summed E-state index contributed by atoms with van der Waals surface area (Å²) in [6.45, 7) is 2.86. The highest BCUT2D eigenvalue weighted by Gasteiger charge is 2.06. The number of benzene rings is 2. The number of carboxylic acids is 1. The molecule has 3 heteroatoms. The lowest BCUT2D eigenvalue weighted by Gasteiger charge is -2.11. The first-order valence-corrected chi connectivity index (χ1v) is 6.75. The lowest BCUT2D eigenvalue weighted by Crippen LogP contribution is -2.04. The second-order valence-electron chi connectivity index (χ2n) is 4.98. The van der Waals surface area contributed by atoms with Crippen LogP contribution in [0, 0.1) is 0 Å². The SMILES string of the molecule is CC(CCN)c1ccc(-c2ccc(C(=O)O)cc2)cc1. The molecule has 0 saturated carbocycles. The minimum Gasteiger partial charge on any atom is -0.478 e. The zero-order valence-corrected chi connectivity index (χ0v) is 11.5. The zero-order valence-electron chi connectivity index (χ0n) is 11.5. The number of nitrogens with two attached hydrogens (primary N) is 1. The van der Waals surface area contributed by atoms with Gasteiger partial charge in [0.2, 0.25) is 0 Å². The fourth-order valence-electron chi connectivity index (χ4n) is 2.23. The number of hydrogen-bond donors (Lipinski definition) is 2. The molecule has 0 heterocycles. The van der Waals surface area contributed by atoms with Gasteiger partial charge >= 0.3 is 5.97 Å². The van der Waals surface area contributed by atoms with E-state index in [4.69, 9.17) is 10.8 Å². The Morgan fingerprint density at radius 1 is 1.05 bits per heavy atom. The van der Waals surface area contributed by atoms with Crippen molar-refractivity contribution in [2.75, 3.05) is 6.54 Å². The maximum absolute atomic E-state index is 10.8. The molecule has 2 aromatic rings. The van der Waals surface area contributed by atoms with Crippen LogP contribution in [0.5, 0.6) is 0 Å². The molecule has 3 N–H and O–H groups in total. The first kappa shape index (κ1) is 14.3. The maximum atomic E-state index is 10.8. The van der Waals surface area contributed by atoms with Crippen LogP contribution < -0.4 is 5.73 Å². The molecule has 2 aromatic carbocycles. The van der Waals surface area contributed by atoms with Gasteiger partial charge in [-0.25, -0.2) is 4.79 Å². The summed E-state index contributed by atoms with van der Waals surface area (Å²) in [5, 5.41) is 8.88. The van der Waals surface area contributed by atoms with Gasteiger partial charge in [-0.05, 0) is 47.7 Å². The lowest BCUT2D eigenvalue weighted by atomic mass is 9.95. The van der Waals surface area contributed by atoms with Crippen molar-refractivity contribution in [1.29, 1.82) is 0 Å². The average molecular weight is 269 g/mol. The van der Waals surface area contributed by atoms with Crippen molar-refractivity contribution in [3.8, 4) is 11.1 Å². The van der Waals surface area contributed by atoms with Gasteiger partial charge in [0.05, 0.1) is 5.56 Å². The van der Waals surface area contributed by atoms with E-state index in [0.29, 0.717) is 18.0 Å². The Balaban J connectivity index is 2.19. The summed E-state index contributed by atoms with van der Waals surface area (Å²) in [5.74, 6) is -0.439. The highest BCUT2D eigenvalue weighted by atomic mass is 16.4. The molecular weight excluding hydrogens is 250 g/mol. The molecule has 3 nitrogen and oxygen atoms in total. The van der Waals surface area contributed by atoms with Crippen molar-refractivity contribution in [3.63, 3.8) is 0 Å². The minimum atomic E-state index is -0.900. The molecular formula is C17H19NO2. The minimum absolute atomic E-state index is 0.307. The van der Waals surface area contributed by atoms with Crippen LogP contribution in [0.1, 0.15) is 35.2 Å². The molecule has 0 aliphatic heterocycles. The van der Waals surface area contributed by atoms with Crippen molar-refractivity contribution >= 4 is 5.97 Å². The van der Waals surface area contributed by atoms with Crippen LogP contribution >= 0.6 is 0 Å². The monoisotopic (exact) mass is 269 g/mol. The number of hydrogen-bond acceptors (Lipinski definition) is 2. The standard InChI is InChI=1S/C17H19NO2/c1-12(10-11-18)13-2-4-14(5-3-13)15-6-8-16(9-7-15)17(19)20/h2-9,12H,10-11,18H2,1H3,(H,19,20). The Bertz CT molecular complexity index is 573. The first-order valence-electron chi connectivity index (χ1n) is 6.75. The van der Waals surface area contributed by atoms with Gasteiger partial charge in [0, 0.05) is 0 Å². The fourth-order valence-corrected chi connectivity index (χ4v) is 2.23. The summed E-state index contributed by atoms with van der Waals surface area (Å²) in [4.78, 5) is 10.8. The second kappa shape index (κ2) is 6.35. The molecule has 1 unspecified atom stereocenters. The molecule has 0 spiro atoms. The van der Waals surface area contributed by atoms with E-state index in [0.717, 1.165) is 17.5 Å². The zero-order chi connectivity index (χ0) is 14.5. The Morgan fingerprint density at radius 3 is 2.00 bits per heavy atom. The van der Waals surface area contributed by atoms with E-state index in [1.807, 2.05) is 12.1 Å². The van der Waals surface area contributed by atoms with Crippen molar-refractivity contribution in [1.82, 2.24) is 0 Å².